The maximum absolute atomic E-state index is 11.0. The van der Waals surface area contributed by atoms with Gasteiger partial charge in [-0.05, 0) is 18.2 Å². The summed E-state index contributed by atoms with van der Waals surface area (Å²) in [5.41, 5.74) is 5.84. The van der Waals surface area contributed by atoms with Gasteiger partial charge in [0.25, 0.3) is 0 Å². The van der Waals surface area contributed by atoms with Gasteiger partial charge in [-0.15, -0.1) is 16.9 Å². The molecular weight excluding hydrogens is 459 g/mol. The highest BCUT2D eigenvalue weighted by atomic mass is 35.5. The SMILES string of the molecule is OCC1O[C@H](Sc2cc(Cl)cc(Cl)c2)C(O)C(N2C=C(c3nccs3)NN2)[C@H]1O. The minimum atomic E-state index is -1.14. The van der Waals surface area contributed by atoms with Crippen LogP contribution in [0.3, 0.4) is 0 Å². The number of ether oxygens (including phenoxy) is 1. The first-order valence-electron chi connectivity index (χ1n) is 8.63. The first-order valence-corrected chi connectivity index (χ1v) is 11.1. The molecule has 0 bridgehead atoms. The van der Waals surface area contributed by atoms with E-state index in [0.717, 1.165) is 5.01 Å². The second-order valence-corrected chi connectivity index (χ2v) is 9.38. The molecule has 0 spiro atoms. The number of thiazole rings is 1. The number of halogens is 2. The molecular formula is C17H18Cl2N4O4S2. The number of aliphatic hydroxyl groups is 3. The van der Waals surface area contributed by atoms with Crippen LogP contribution in [0, 0.1) is 0 Å². The van der Waals surface area contributed by atoms with Crippen molar-refractivity contribution in [3.8, 4) is 0 Å². The van der Waals surface area contributed by atoms with Crippen LogP contribution in [0.2, 0.25) is 10.0 Å². The molecule has 0 amide bonds. The van der Waals surface area contributed by atoms with Gasteiger partial charge in [0.15, 0.2) is 0 Å². The van der Waals surface area contributed by atoms with E-state index in [1.165, 1.54) is 23.1 Å². The van der Waals surface area contributed by atoms with E-state index in [9.17, 15) is 15.3 Å². The summed E-state index contributed by atoms with van der Waals surface area (Å²) < 4.78 is 5.75. The van der Waals surface area contributed by atoms with Crippen molar-refractivity contribution in [1.29, 1.82) is 0 Å². The lowest BCUT2D eigenvalue weighted by Crippen LogP contribution is -2.65. The van der Waals surface area contributed by atoms with Crippen molar-refractivity contribution in [3.05, 3.63) is 51.0 Å². The normalized spacial score (nSPS) is 29.6. The van der Waals surface area contributed by atoms with Crippen LogP contribution >= 0.6 is 46.3 Å². The fourth-order valence-electron chi connectivity index (χ4n) is 3.18. The first-order chi connectivity index (χ1) is 14.0. The lowest BCUT2D eigenvalue weighted by Gasteiger charge is -2.45. The lowest BCUT2D eigenvalue weighted by molar-refractivity contribution is -0.189. The van der Waals surface area contributed by atoms with Crippen LogP contribution in [0.25, 0.3) is 5.70 Å². The molecule has 1 aromatic carbocycles. The van der Waals surface area contributed by atoms with Crippen LogP contribution in [-0.4, -0.2) is 61.7 Å². The highest BCUT2D eigenvalue weighted by Gasteiger charge is 2.48. The predicted octanol–water partition coefficient (Wildman–Crippen LogP) is 1.67. The van der Waals surface area contributed by atoms with Crippen LogP contribution < -0.4 is 11.0 Å². The Hall–Kier alpha value is -1.08. The number of aliphatic hydroxyl groups excluding tert-OH is 3. The van der Waals surface area contributed by atoms with Crippen molar-refractivity contribution in [2.75, 3.05) is 6.61 Å². The van der Waals surface area contributed by atoms with Gasteiger partial charge in [0.1, 0.15) is 40.5 Å². The summed E-state index contributed by atoms with van der Waals surface area (Å²) in [4.78, 5) is 4.94. The first kappa shape index (κ1) is 21.2. The number of rotatable bonds is 5. The Balaban J connectivity index is 1.57. The standard InChI is InChI=1S/C17H18Cl2N4O4S2/c18-8-3-9(19)5-10(4-8)29-17-15(26)13(14(25)12(7-24)27-17)23-6-11(21-22-23)16-20-1-2-28-16/h1-6,12-15,17,21-22,24-26H,7H2/t12?,13?,14-,15?,17+/m0/s1. The smallest absolute Gasteiger partial charge is 0.142 e. The zero-order chi connectivity index (χ0) is 20.5. The second-order valence-electron chi connectivity index (χ2n) is 6.44. The number of thioether (sulfide) groups is 1. The Morgan fingerprint density at radius 2 is 1.97 bits per heavy atom. The van der Waals surface area contributed by atoms with Crippen molar-refractivity contribution in [2.45, 2.75) is 34.7 Å². The molecule has 2 aromatic rings. The van der Waals surface area contributed by atoms with Gasteiger partial charge in [-0.1, -0.05) is 35.0 Å². The van der Waals surface area contributed by atoms with E-state index in [1.807, 2.05) is 5.38 Å². The zero-order valence-corrected chi connectivity index (χ0v) is 17.9. The van der Waals surface area contributed by atoms with Crippen LogP contribution in [-0.2, 0) is 4.74 Å². The van der Waals surface area contributed by atoms with E-state index in [0.29, 0.717) is 20.6 Å². The summed E-state index contributed by atoms with van der Waals surface area (Å²) >= 11 is 14.8. The molecule has 4 rings (SSSR count). The molecule has 1 aromatic heterocycles. The summed E-state index contributed by atoms with van der Waals surface area (Å²) in [5.74, 6) is 0. The maximum atomic E-state index is 11.0. The average molecular weight is 477 g/mol. The summed E-state index contributed by atoms with van der Waals surface area (Å²) in [5, 5.41) is 36.5. The van der Waals surface area contributed by atoms with Gasteiger partial charge < -0.3 is 20.1 Å². The van der Waals surface area contributed by atoms with Crippen molar-refractivity contribution < 1.29 is 20.1 Å². The molecule has 12 heteroatoms. The van der Waals surface area contributed by atoms with E-state index in [2.05, 4.69) is 15.9 Å². The van der Waals surface area contributed by atoms with Gasteiger partial charge in [-0.25, -0.2) is 4.98 Å². The predicted molar refractivity (Wildman–Crippen MR) is 112 cm³/mol. The Kier molecular flexibility index (Phi) is 6.54. The molecule has 156 valence electrons. The molecule has 29 heavy (non-hydrogen) atoms. The Labute approximate surface area is 185 Å². The summed E-state index contributed by atoms with van der Waals surface area (Å²) in [6.07, 6.45) is 0.282. The second kappa shape index (κ2) is 8.96. The molecule has 3 heterocycles. The fraction of sp³-hybridized carbons (Fsp3) is 0.353. The topological polar surface area (TPSA) is 110 Å². The molecule has 0 radical (unpaired) electrons. The number of nitrogens with zero attached hydrogens (tertiary/aromatic N) is 2. The van der Waals surface area contributed by atoms with Crippen molar-refractivity contribution >= 4 is 52.0 Å². The van der Waals surface area contributed by atoms with Crippen molar-refractivity contribution in [2.24, 2.45) is 0 Å². The van der Waals surface area contributed by atoms with Gasteiger partial charge in [0.2, 0.25) is 0 Å². The van der Waals surface area contributed by atoms with Crippen molar-refractivity contribution in [1.82, 2.24) is 21.0 Å². The fourth-order valence-corrected chi connectivity index (χ4v) is 5.59. The molecule has 1 fully saturated rings. The number of hydrogen-bond acceptors (Lipinski definition) is 10. The molecule has 2 aliphatic rings. The van der Waals surface area contributed by atoms with Crippen molar-refractivity contribution in [3.63, 3.8) is 0 Å². The van der Waals surface area contributed by atoms with Crippen LogP contribution in [0.5, 0.6) is 0 Å². The minimum Gasteiger partial charge on any atom is -0.394 e. The van der Waals surface area contributed by atoms with Gasteiger partial charge in [0.05, 0.1) is 6.61 Å². The Morgan fingerprint density at radius 1 is 1.21 bits per heavy atom. The Bertz CT molecular complexity index is 868. The number of aromatic nitrogens is 1. The van der Waals surface area contributed by atoms with E-state index in [1.54, 1.807) is 35.6 Å². The third kappa shape index (κ3) is 4.50. The Morgan fingerprint density at radius 3 is 2.62 bits per heavy atom. The van der Waals surface area contributed by atoms with Crippen LogP contribution in [0.1, 0.15) is 5.01 Å². The van der Waals surface area contributed by atoms with E-state index in [-0.39, 0.29) is 0 Å². The van der Waals surface area contributed by atoms with E-state index < -0.39 is 36.4 Å². The van der Waals surface area contributed by atoms with Crippen LogP contribution in [0.4, 0.5) is 0 Å². The zero-order valence-electron chi connectivity index (χ0n) is 14.8. The van der Waals surface area contributed by atoms with Crippen LogP contribution in [0.15, 0.2) is 40.9 Å². The van der Waals surface area contributed by atoms with Gasteiger partial charge in [-0.2, -0.15) is 0 Å². The highest BCUT2D eigenvalue weighted by molar-refractivity contribution is 7.99. The van der Waals surface area contributed by atoms with Gasteiger partial charge in [-0.3, -0.25) is 10.4 Å². The summed E-state index contributed by atoms with van der Waals surface area (Å²) in [7, 11) is 0. The molecule has 5 N–H and O–H groups in total. The van der Waals surface area contributed by atoms with Gasteiger partial charge >= 0.3 is 0 Å². The maximum Gasteiger partial charge on any atom is 0.142 e. The minimum absolute atomic E-state index is 0.401. The number of hydrogen-bond donors (Lipinski definition) is 5. The largest absolute Gasteiger partial charge is 0.394 e. The number of nitrogens with one attached hydrogen (secondary N) is 2. The molecule has 5 atom stereocenters. The summed E-state index contributed by atoms with van der Waals surface area (Å²) in [6.45, 7) is -0.401. The third-order valence-electron chi connectivity index (χ3n) is 4.51. The third-order valence-corrected chi connectivity index (χ3v) is 6.88. The van der Waals surface area contributed by atoms with Gasteiger partial charge in [0, 0.05) is 32.7 Å². The molecule has 0 aliphatic carbocycles. The number of hydrazine groups is 2. The van der Waals surface area contributed by atoms with E-state index in [4.69, 9.17) is 27.9 Å². The summed E-state index contributed by atoms with van der Waals surface area (Å²) in [6, 6.07) is 4.23. The molecule has 0 saturated carbocycles. The lowest BCUT2D eigenvalue weighted by atomic mass is 9.97. The molecule has 8 nitrogen and oxygen atoms in total. The molecule has 2 aliphatic heterocycles. The quantitative estimate of drug-likeness (QED) is 0.439. The molecule has 3 unspecified atom stereocenters. The number of benzene rings is 1. The monoisotopic (exact) mass is 476 g/mol. The average Bonchev–Trinajstić information content (AvgIpc) is 3.35. The highest BCUT2D eigenvalue weighted by Crippen LogP contribution is 2.37. The van der Waals surface area contributed by atoms with E-state index >= 15 is 0 Å². The molecule has 1 saturated heterocycles.